The molecular weight excluding hydrogens is 171 g/mol. The molecule has 0 heterocycles. The Labute approximate surface area is 56.2 Å². The van der Waals surface area contributed by atoms with Gasteiger partial charge in [-0.3, -0.25) is 0 Å². The van der Waals surface area contributed by atoms with E-state index in [1.54, 1.807) is 0 Å². The number of hydrogen-bond acceptors (Lipinski definition) is 0. The highest BCUT2D eigenvalue weighted by atomic mass is 28.4. The maximum Gasteiger partial charge on any atom is 0.419 e. The van der Waals surface area contributed by atoms with Crippen molar-refractivity contribution in [3.63, 3.8) is 0 Å². The first-order valence-electron chi connectivity index (χ1n) is 2.55. The van der Waals surface area contributed by atoms with Crippen LogP contribution in [0.4, 0.5) is 21.7 Å². The summed E-state index contributed by atoms with van der Waals surface area (Å²) in [5, 5.41) is 0. The molecule has 1 atom stereocenters. The quantitative estimate of drug-likeness (QED) is 0.329. The van der Waals surface area contributed by atoms with E-state index in [9.17, 15) is 21.7 Å². The molecule has 1 unspecified atom stereocenters. The van der Waals surface area contributed by atoms with Crippen molar-refractivity contribution in [3.05, 3.63) is 0 Å². The average Bonchev–Trinajstić information content (AvgIpc) is 1.59. The van der Waals surface area contributed by atoms with Crippen LogP contribution in [0.25, 0.3) is 0 Å². The Balaban J connectivity index is 4.23. The molecule has 0 radical (unpaired) electrons. The fourth-order valence-electron chi connectivity index (χ4n) is 0.389. The highest BCUT2D eigenvalue weighted by molar-refractivity contribution is 6.72. The van der Waals surface area contributed by atoms with Crippen molar-refractivity contribution in [1.82, 2.24) is 0 Å². The standard InChI is InChI=1S/C4H7F5Si/c1-10(2,9)3(5)4(6,7)8/h3H,1-2H3. The average molecular weight is 178 g/mol. The van der Waals surface area contributed by atoms with Crippen molar-refractivity contribution in [2.75, 3.05) is 0 Å². The predicted octanol–water partition coefficient (Wildman–Crippen LogP) is 2.60. The minimum atomic E-state index is -5.04. The van der Waals surface area contributed by atoms with E-state index in [-0.39, 0.29) is 0 Å². The first kappa shape index (κ1) is 9.87. The molecule has 0 saturated carbocycles. The molecule has 0 bridgehead atoms. The van der Waals surface area contributed by atoms with Gasteiger partial charge in [0, 0.05) is 0 Å². The van der Waals surface area contributed by atoms with Gasteiger partial charge in [-0.2, -0.15) is 13.2 Å². The van der Waals surface area contributed by atoms with Gasteiger partial charge in [-0.15, -0.1) is 0 Å². The van der Waals surface area contributed by atoms with E-state index >= 15 is 0 Å². The highest BCUT2D eigenvalue weighted by Crippen LogP contribution is 2.30. The molecule has 0 aromatic heterocycles. The van der Waals surface area contributed by atoms with Crippen molar-refractivity contribution < 1.29 is 21.7 Å². The lowest BCUT2D eigenvalue weighted by Crippen LogP contribution is -2.44. The lowest BCUT2D eigenvalue weighted by Gasteiger charge is -2.18. The van der Waals surface area contributed by atoms with Gasteiger partial charge in [-0.1, -0.05) is 0 Å². The van der Waals surface area contributed by atoms with Crippen LogP contribution >= 0.6 is 0 Å². The van der Waals surface area contributed by atoms with Crippen LogP contribution in [0, 0.1) is 0 Å². The number of rotatable bonds is 1. The molecule has 0 aliphatic carbocycles. The summed E-state index contributed by atoms with van der Waals surface area (Å²) in [6, 6.07) is 0. The van der Waals surface area contributed by atoms with Crippen LogP contribution < -0.4 is 0 Å². The van der Waals surface area contributed by atoms with Gasteiger partial charge in [0.05, 0.1) is 0 Å². The Morgan fingerprint density at radius 1 is 1.20 bits per heavy atom. The third-order valence-electron chi connectivity index (χ3n) is 0.890. The van der Waals surface area contributed by atoms with E-state index in [0.29, 0.717) is 13.1 Å². The first-order valence-corrected chi connectivity index (χ1v) is 5.51. The summed E-state index contributed by atoms with van der Waals surface area (Å²) < 4.78 is 58.4. The van der Waals surface area contributed by atoms with E-state index in [1.807, 2.05) is 0 Å². The Kier molecular flexibility index (Phi) is 2.45. The third kappa shape index (κ3) is 2.63. The highest BCUT2D eigenvalue weighted by Gasteiger charge is 2.52. The molecule has 0 aliphatic rings. The molecule has 0 saturated heterocycles. The Bertz CT molecular complexity index is 97.8. The monoisotopic (exact) mass is 178 g/mol. The summed E-state index contributed by atoms with van der Waals surface area (Å²) in [6.45, 7) is 1.37. The molecule has 6 heteroatoms. The SMILES string of the molecule is C[Si](C)(F)C(F)C(F)(F)F. The zero-order valence-corrected chi connectivity index (χ0v) is 6.47. The van der Waals surface area contributed by atoms with Crippen LogP contribution in [0.15, 0.2) is 0 Å². The fourth-order valence-corrected chi connectivity index (χ4v) is 1.17. The van der Waals surface area contributed by atoms with E-state index < -0.39 is 20.4 Å². The van der Waals surface area contributed by atoms with Crippen molar-refractivity contribution in [3.8, 4) is 0 Å². The summed E-state index contributed by atoms with van der Waals surface area (Å²) in [4.78, 5) is 0. The second-order valence-electron chi connectivity index (χ2n) is 2.47. The first-order chi connectivity index (χ1) is 4.15. The second kappa shape index (κ2) is 2.48. The third-order valence-corrected chi connectivity index (χ3v) is 2.42. The molecule has 10 heavy (non-hydrogen) atoms. The number of hydrogen-bond donors (Lipinski definition) is 0. The van der Waals surface area contributed by atoms with Gasteiger partial charge in [0.2, 0.25) is 5.79 Å². The largest absolute Gasteiger partial charge is 0.419 e. The Morgan fingerprint density at radius 3 is 1.50 bits per heavy atom. The van der Waals surface area contributed by atoms with Crippen molar-refractivity contribution in [2.45, 2.75) is 25.1 Å². The van der Waals surface area contributed by atoms with E-state index in [4.69, 9.17) is 0 Å². The van der Waals surface area contributed by atoms with Crippen LogP contribution in [0.3, 0.4) is 0 Å². The molecule has 0 aromatic carbocycles. The molecule has 0 N–H and O–H groups in total. The summed E-state index contributed by atoms with van der Waals surface area (Å²) >= 11 is 0. The lowest BCUT2D eigenvalue weighted by molar-refractivity contribution is -0.161. The van der Waals surface area contributed by atoms with E-state index in [1.165, 1.54) is 0 Å². The van der Waals surface area contributed by atoms with Gasteiger partial charge in [0.1, 0.15) is 0 Å². The van der Waals surface area contributed by atoms with Crippen molar-refractivity contribution in [1.29, 1.82) is 0 Å². The van der Waals surface area contributed by atoms with Gasteiger partial charge in [-0.05, 0) is 13.1 Å². The Morgan fingerprint density at radius 2 is 1.50 bits per heavy atom. The second-order valence-corrected chi connectivity index (χ2v) is 6.10. The Hall–Kier alpha value is -0.133. The van der Waals surface area contributed by atoms with Crippen molar-refractivity contribution in [2.24, 2.45) is 0 Å². The van der Waals surface area contributed by atoms with Crippen LogP contribution in [-0.4, -0.2) is 20.4 Å². The zero-order chi connectivity index (χ0) is 8.58. The molecule has 0 amide bonds. The molecule has 0 nitrogen and oxygen atoms in total. The summed E-state index contributed by atoms with van der Waals surface area (Å²) in [6.07, 6.45) is -5.04. The molecule has 0 aromatic rings. The number of halogens is 5. The summed E-state index contributed by atoms with van der Waals surface area (Å²) in [7, 11) is -4.19. The summed E-state index contributed by atoms with van der Waals surface area (Å²) in [5.41, 5.74) is 0. The van der Waals surface area contributed by atoms with Crippen LogP contribution in [-0.2, 0) is 0 Å². The topological polar surface area (TPSA) is 0 Å². The normalized spacial score (nSPS) is 17.1. The lowest BCUT2D eigenvalue weighted by atomic mass is 10.7. The van der Waals surface area contributed by atoms with Crippen LogP contribution in [0.2, 0.25) is 13.1 Å². The van der Waals surface area contributed by atoms with Crippen LogP contribution in [0.5, 0.6) is 0 Å². The van der Waals surface area contributed by atoms with Gasteiger partial charge in [0.25, 0.3) is 8.41 Å². The van der Waals surface area contributed by atoms with Gasteiger partial charge in [-0.25, -0.2) is 4.39 Å². The smallest absolute Gasteiger partial charge is 0.311 e. The van der Waals surface area contributed by atoms with E-state index in [0.717, 1.165) is 0 Å². The van der Waals surface area contributed by atoms with Crippen molar-refractivity contribution >= 4 is 8.41 Å². The van der Waals surface area contributed by atoms with E-state index in [2.05, 4.69) is 0 Å². The maximum absolute atomic E-state index is 12.3. The molecule has 0 aliphatic heterocycles. The molecule has 0 fully saturated rings. The number of alkyl halides is 4. The zero-order valence-electron chi connectivity index (χ0n) is 5.47. The maximum atomic E-state index is 12.3. The molecular formula is C4H7F5Si. The molecule has 62 valence electrons. The molecule has 0 rings (SSSR count). The minimum Gasteiger partial charge on any atom is -0.311 e. The molecule has 0 spiro atoms. The van der Waals surface area contributed by atoms with Gasteiger partial charge < -0.3 is 4.11 Å². The predicted molar refractivity (Wildman–Crippen MR) is 29.5 cm³/mol. The van der Waals surface area contributed by atoms with Crippen LogP contribution in [0.1, 0.15) is 0 Å². The fraction of sp³-hybridized carbons (Fsp3) is 1.00. The van der Waals surface area contributed by atoms with Gasteiger partial charge >= 0.3 is 6.18 Å². The summed E-state index contributed by atoms with van der Waals surface area (Å²) in [5.74, 6) is -3.26. The van der Waals surface area contributed by atoms with Gasteiger partial charge in [0.15, 0.2) is 0 Å². The minimum absolute atomic E-state index is 0.686.